The first-order chi connectivity index (χ1) is 45.2. The number of carboxylic acids is 2. The summed E-state index contributed by atoms with van der Waals surface area (Å²) in [4.78, 5) is 42.1. The Morgan fingerprint density at radius 2 is 0.726 bits per heavy atom. The van der Waals surface area contributed by atoms with Crippen LogP contribution < -0.4 is 29.8 Å². The number of unbranched alkanes of at least 4 members (excludes halogenated alkanes) is 23. The predicted molar refractivity (Wildman–Crippen MR) is 398 cm³/mol. The van der Waals surface area contributed by atoms with Crippen molar-refractivity contribution >= 4 is 57.5 Å². The molecule has 0 atom stereocenters. The average Bonchev–Trinajstić information content (AvgIpc) is 0.848. The van der Waals surface area contributed by atoms with Gasteiger partial charge in [0.1, 0.15) is 0 Å². The van der Waals surface area contributed by atoms with Gasteiger partial charge in [-0.2, -0.15) is 0 Å². The van der Waals surface area contributed by atoms with Crippen molar-refractivity contribution < 1.29 is 60.7 Å². The quantitative estimate of drug-likeness (QED) is 0.0141. The number of phenols is 4. The Balaban J connectivity index is 0.000000891. The molecule has 0 aliphatic rings. The maximum Gasteiger partial charge on any atom is 2.00 e. The van der Waals surface area contributed by atoms with Gasteiger partial charge in [0.25, 0.3) is 0 Å². The number of carbonyl (C=O) groups excluding carboxylic acids is 2. The number of phenolic OH excluding ortho intramolecular Hbond substituents is 2. The first-order valence-electron chi connectivity index (χ1n) is 36.7. The summed E-state index contributed by atoms with van der Waals surface area (Å²) in [6.07, 6.45) is 41.6. The van der Waals surface area contributed by atoms with E-state index >= 15 is 0 Å². The number of carboxylic acid groups (broad SMARTS) is 2. The second-order valence-electron chi connectivity index (χ2n) is 25.7. The number of aromatic hydroxyl groups is 4. The standard InChI is InChI=1S/C48H82N6.2C16H24O4.Pd/c1-11-16-17-18-19-20-21-22-23-24-25-26-27-28-29-30-31-32-33-34-44(50-43-36-38-46(52(8)13-3)48(40-43)54(10)15-5)41(6)49-42-35-37-45(51(7)12-2)47(39-42)53(9)14-4;2*1-3-5-7-8-11-10-13(17)15(18)14(16(19)20)12(11)9-6-4-2;/h33-40H,11-32H2,1-10H3;2*10,17-18H,3-9H2,1-2H3,(H,19,20);/q;;;+2/p-2. The molecule has 0 aliphatic carbocycles. The van der Waals surface area contributed by atoms with Crippen molar-refractivity contribution in [3.63, 3.8) is 0 Å². The summed E-state index contributed by atoms with van der Waals surface area (Å²) in [6.45, 7) is 25.2. The van der Waals surface area contributed by atoms with E-state index in [0.29, 0.717) is 36.8 Å². The number of hydrogen-bond acceptors (Lipinski definition) is 14. The number of rotatable bonds is 46. The van der Waals surface area contributed by atoms with Crippen molar-refractivity contribution in [1.29, 1.82) is 0 Å². The summed E-state index contributed by atoms with van der Waals surface area (Å²) in [5.41, 5.74) is 11.0. The van der Waals surface area contributed by atoms with Gasteiger partial charge >= 0.3 is 20.4 Å². The fourth-order valence-electron chi connectivity index (χ4n) is 11.7. The number of carbonyl (C=O) groups is 2. The van der Waals surface area contributed by atoms with Crippen molar-refractivity contribution in [1.82, 2.24) is 0 Å². The van der Waals surface area contributed by atoms with Crippen LogP contribution in [0.1, 0.15) is 292 Å². The van der Waals surface area contributed by atoms with Gasteiger partial charge in [0.05, 0.1) is 57.5 Å². The van der Waals surface area contributed by atoms with Crippen LogP contribution in [0.3, 0.4) is 0 Å². The summed E-state index contributed by atoms with van der Waals surface area (Å²) in [5, 5.41) is 61.5. The van der Waals surface area contributed by atoms with Crippen LogP contribution in [0.2, 0.25) is 0 Å². The molecule has 0 fully saturated rings. The molecular formula is C80H128N6O8Pd. The zero-order valence-corrected chi connectivity index (χ0v) is 63.2. The summed E-state index contributed by atoms with van der Waals surface area (Å²) in [5.74, 6) is -4.76. The van der Waals surface area contributed by atoms with E-state index in [4.69, 9.17) is 9.98 Å². The summed E-state index contributed by atoms with van der Waals surface area (Å²) >= 11 is 0. The van der Waals surface area contributed by atoms with Crippen molar-refractivity contribution in [3.8, 4) is 23.0 Å². The molecule has 0 radical (unpaired) electrons. The van der Waals surface area contributed by atoms with Crippen molar-refractivity contribution in [2.24, 2.45) is 9.98 Å². The Hall–Kier alpha value is -6.04. The average molecular weight is 1410 g/mol. The molecule has 4 aromatic rings. The topological polar surface area (TPSA) is 199 Å². The maximum atomic E-state index is 11.3. The molecule has 0 heterocycles. The molecule has 14 nitrogen and oxygen atoms in total. The number of nitrogens with zero attached hydrogens (tertiary/aromatic N) is 6. The molecule has 0 aliphatic heterocycles. The molecule has 4 rings (SSSR count). The zero-order valence-electron chi connectivity index (χ0n) is 61.7. The number of aryl methyl sites for hydroxylation is 2. The predicted octanol–water partition coefficient (Wildman–Crippen LogP) is 19.0. The van der Waals surface area contributed by atoms with Gasteiger partial charge in [-0.1, -0.05) is 182 Å². The van der Waals surface area contributed by atoms with Gasteiger partial charge in [-0.15, -0.1) is 0 Å². The van der Waals surface area contributed by atoms with Crippen LogP contribution in [0.4, 0.5) is 34.1 Å². The molecular weight excluding hydrogens is 1280 g/mol. The molecule has 15 heteroatoms. The molecule has 0 unspecified atom stereocenters. The molecule has 4 aromatic carbocycles. The third kappa shape index (κ3) is 31.8. The van der Waals surface area contributed by atoms with E-state index in [1.807, 2.05) is 13.8 Å². The van der Waals surface area contributed by atoms with Gasteiger partial charge < -0.3 is 59.8 Å². The maximum absolute atomic E-state index is 11.3. The van der Waals surface area contributed by atoms with Crippen LogP contribution in [0.15, 0.2) is 70.7 Å². The van der Waals surface area contributed by atoms with Crippen LogP contribution in [0, 0.1) is 0 Å². The molecule has 0 bridgehead atoms. The molecule has 95 heavy (non-hydrogen) atoms. The Morgan fingerprint density at radius 1 is 0.411 bits per heavy atom. The van der Waals surface area contributed by atoms with E-state index in [2.05, 4.69) is 152 Å². The number of benzene rings is 4. The third-order valence-electron chi connectivity index (χ3n) is 18.2. The Labute approximate surface area is 590 Å². The van der Waals surface area contributed by atoms with Crippen LogP contribution in [0.25, 0.3) is 0 Å². The monoisotopic (exact) mass is 1410 g/mol. The van der Waals surface area contributed by atoms with E-state index in [9.17, 15) is 40.2 Å². The summed E-state index contributed by atoms with van der Waals surface area (Å²) in [6, 6.07) is 16.1. The first kappa shape index (κ1) is 87.0. The van der Waals surface area contributed by atoms with E-state index in [1.165, 1.54) is 144 Å². The van der Waals surface area contributed by atoms with Gasteiger partial charge in [0, 0.05) is 65.5 Å². The van der Waals surface area contributed by atoms with E-state index in [0.717, 1.165) is 131 Å². The van der Waals surface area contributed by atoms with Crippen molar-refractivity contribution in [2.75, 3.05) is 74.0 Å². The SMILES string of the molecule is CCCCCCCCCCCCCCCCCCCC=CC(=Nc1ccc(N(C)CC)c(N(C)CC)c1)C(C)=Nc1ccc(N(C)CC)c(N(C)CC)c1.CCCCCc1cc(O)c(O)c(C(=O)[O-])c1CCCC.CCCCCc1cc(O)c(O)c(C(=O)[O-])c1CCCC.[Pd+2]. The van der Waals surface area contributed by atoms with Gasteiger partial charge in [-0.25, -0.2) is 4.99 Å². The molecule has 0 amide bonds. The minimum absolute atomic E-state index is 0. The molecule has 0 saturated heterocycles. The van der Waals surface area contributed by atoms with Crippen molar-refractivity contribution in [3.05, 3.63) is 94.1 Å². The second kappa shape index (κ2) is 51.2. The fraction of sp³-hybridized carbons (Fsp3) is 0.625. The first-order valence-corrected chi connectivity index (χ1v) is 36.7. The van der Waals surface area contributed by atoms with E-state index in [1.54, 1.807) is 0 Å². The van der Waals surface area contributed by atoms with Gasteiger partial charge in [-0.3, -0.25) is 4.99 Å². The number of aromatic carboxylic acids is 2. The molecule has 0 aromatic heterocycles. The van der Waals surface area contributed by atoms with Gasteiger partial charge in [-0.05, 0) is 176 Å². The third-order valence-corrected chi connectivity index (χ3v) is 18.2. The van der Waals surface area contributed by atoms with Gasteiger partial charge in [0.15, 0.2) is 23.0 Å². The molecule has 0 spiro atoms. The minimum Gasteiger partial charge on any atom is -0.545 e. The summed E-state index contributed by atoms with van der Waals surface area (Å²) in [7, 11) is 8.62. The van der Waals surface area contributed by atoms with Crippen LogP contribution >= 0.6 is 0 Å². The number of aliphatic imine (C=N–C) groups is 2. The summed E-state index contributed by atoms with van der Waals surface area (Å²) < 4.78 is 0. The Bertz CT molecular complexity index is 2800. The number of hydrogen-bond donors (Lipinski definition) is 4. The second-order valence-corrected chi connectivity index (χ2v) is 25.7. The molecule has 0 saturated carbocycles. The fourth-order valence-corrected chi connectivity index (χ4v) is 11.7. The number of allylic oxidation sites excluding steroid dienone is 2. The van der Waals surface area contributed by atoms with Crippen LogP contribution in [-0.2, 0) is 46.1 Å². The Kier molecular flexibility index (Phi) is 46.9. The van der Waals surface area contributed by atoms with Crippen LogP contribution in [0.5, 0.6) is 23.0 Å². The van der Waals surface area contributed by atoms with Crippen LogP contribution in [-0.4, -0.2) is 98.2 Å². The number of anilines is 4. The van der Waals surface area contributed by atoms with E-state index in [-0.39, 0.29) is 43.0 Å². The smallest absolute Gasteiger partial charge is 0.545 e. The van der Waals surface area contributed by atoms with Gasteiger partial charge in [0.2, 0.25) is 0 Å². The molecule has 4 N–H and O–H groups in total. The normalized spacial score (nSPS) is 11.4. The largest absolute Gasteiger partial charge is 2.00 e. The van der Waals surface area contributed by atoms with E-state index < -0.39 is 23.4 Å². The van der Waals surface area contributed by atoms with Crippen molar-refractivity contribution in [2.45, 2.75) is 275 Å². The Morgan fingerprint density at radius 3 is 1.06 bits per heavy atom. The minimum atomic E-state index is -1.43. The molecule has 536 valence electrons. The zero-order chi connectivity index (χ0) is 69.8.